The predicted octanol–water partition coefficient (Wildman–Crippen LogP) is 2.55. The molecule has 86 valence electrons. The van der Waals surface area contributed by atoms with Crippen LogP contribution < -0.4 is 5.32 Å². The molecule has 3 nitrogen and oxygen atoms in total. The molecule has 5 heteroatoms. The van der Waals surface area contributed by atoms with Crippen LogP contribution in [0, 0.1) is 13.8 Å². The minimum atomic E-state index is 0.864. The van der Waals surface area contributed by atoms with Gasteiger partial charge in [-0.2, -0.15) is 0 Å². The van der Waals surface area contributed by atoms with Gasteiger partial charge in [0.15, 0.2) is 0 Å². The molecule has 1 N–H and O–H groups in total. The van der Waals surface area contributed by atoms with E-state index >= 15 is 0 Å². The van der Waals surface area contributed by atoms with Crippen molar-refractivity contribution in [1.82, 2.24) is 15.3 Å². The molecule has 0 saturated heterocycles. The molecule has 0 spiro atoms. The van der Waals surface area contributed by atoms with Gasteiger partial charge in [0.05, 0.1) is 5.01 Å². The van der Waals surface area contributed by atoms with E-state index in [-0.39, 0.29) is 0 Å². The molecule has 0 amide bonds. The van der Waals surface area contributed by atoms with E-state index in [2.05, 4.69) is 27.6 Å². The van der Waals surface area contributed by atoms with Gasteiger partial charge in [-0.25, -0.2) is 9.97 Å². The zero-order valence-corrected chi connectivity index (χ0v) is 11.1. The molecule has 16 heavy (non-hydrogen) atoms. The van der Waals surface area contributed by atoms with Gasteiger partial charge in [-0.15, -0.1) is 22.7 Å². The lowest BCUT2D eigenvalue weighted by Gasteiger charge is -1.99. The van der Waals surface area contributed by atoms with Crippen molar-refractivity contribution in [3.05, 3.63) is 32.2 Å². The number of aryl methyl sites for hydroxylation is 2. The number of rotatable bonds is 5. The maximum Gasteiger partial charge on any atom is 0.107 e. The minimum Gasteiger partial charge on any atom is -0.310 e. The standard InChI is InChI=1S/C11H15N3S2/c1-8-7-15-11(14-8)6-12-4-3-10-13-5-9(2)16-10/h5,7,12H,3-4,6H2,1-2H3. The average Bonchev–Trinajstić information content (AvgIpc) is 2.83. The molecule has 0 aliphatic rings. The number of hydrogen-bond donors (Lipinski definition) is 1. The summed E-state index contributed by atoms with van der Waals surface area (Å²) in [6.07, 6.45) is 2.94. The first-order valence-electron chi connectivity index (χ1n) is 5.27. The Morgan fingerprint density at radius 1 is 1.31 bits per heavy atom. The van der Waals surface area contributed by atoms with Crippen molar-refractivity contribution in [3.8, 4) is 0 Å². The highest BCUT2D eigenvalue weighted by molar-refractivity contribution is 7.11. The van der Waals surface area contributed by atoms with E-state index in [9.17, 15) is 0 Å². The van der Waals surface area contributed by atoms with Crippen LogP contribution in [-0.4, -0.2) is 16.5 Å². The third kappa shape index (κ3) is 3.37. The Morgan fingerprint density at radius 2 is 2.19 bits per heavy atom. The van der Waals surface area contributed by atoms with Gasteiger partial charge in [0.25, 0.3) is 0 Å². The Bertz CT molecular complexity index is 405. The molecule has 0 radical (unpaired) electrons. The highest BCUT2D eigenvalue weighted by Crippen LogP contribution is 2.11. The van der Waals surface area contributed by atoms with Gasteiger partial charge in [-0.05, 0) is 13.8 Å². The lowest BCUT2D eigenvalue weighted by atomic mass is 10.4. The van der Waals surface area contributed by atoms with Crippen LogP contribution in [0.1, 0.15) is 20.6 Å². The number of nitrogens with zero attached hydrogens (tertiary/aromatic N) is 2. The number of hydrogen-bond acceptors (Lipinski definition) is 5. The molecule has 2 aromatic rings. The van der Waals surface area contributed by atoms with Crippen molar-refractivity contribution in [2.45, 2.75) is 26.8 Å². The Kier molecular flexibility index (Phi) is 4.04. The van der Waals surface area contributed by atoms with E-state index in [1.54, 1.807) is 22.7 Å². The van der Waals surface area contributed by atoms with Crippen LogP contribution in [-0.2, 0) is 13.0 Å². The predicted molar refractivity (Wildman–Crippen MR) is 69.1 cm³/mol. The summed E-state index contributed by atoms with van der Waals surface area (Å²) in [4.78, 5) is 10.0. The highest BCUT2D eigenvalue weighted by Gasteiger charge is 2.00. The summed E-state index contributed by atoms with van der Waals surface area (Å²) in [6.45, 7) is 5.94. The Labute approximate surface area is 104 Å². The molecule has 0 aliphatic carbocycles. The maximum absolute atomic E-state index is 4.40. The van der Waals surface area contributed by atoms with Gasteiger partial charge in [0.2, 0.25) is 0 Å². The Hall–Kier alpha value is -0.780. The van der Waals surface area contributed by atoms with Gasteiger partial charge >= 0.3 is 0 Å². The SMILES string of the molecule is Cc1csc(CNCCc2ncc(C)s2)n1. The van der Waals surface area contributed by atoms with Crippen LogP contribution in [0.2, 0.25) is 0 Å². The second kappa shape index (κ2) is 5.52. The first kappa shape index (κ1) is 11.7. The molecule has 0 saturated carbocycles. The third-order valence-corrected chi connectivity index (χ3v) is 4.07. The minimum absolute atomic E-state index is 0.864. The van der Waals surface area contributed by atoms with Crippen LogP contribution >= 0.6 is 22.7 Å². The van der Waals surface area contributed by atoms with Gasteiger partial charge in [-0.1, -0.05) is 0 Å². The van der Waals surface area contributed by atoms with Crippen LogP contribution in [0.3, 0.4) is 0 Å². The summed E-state index contributed by atoms with van der Waals surface area (Å²) in [5.41, 5.74) is 1.11. The van der Waals surface area contributed by atoms with Crippen LogP contribution in [0.4, 0.5) is 0 Å². The Morgan fingerprint density at radius 3 is 2.81 bits per heavy atom. The van der Waals surface area contributed by atoms with Crippen molar-refractivity contribution < 1.29 is 0 Å². The van der Waals surface area contributed by atoms with Crippen molar-refractivity contribution in [2.24, 2.45) is 0 Å². The number of nitrogens with one attached hydrogen (secondary N) is 1. The van der Waals surface area contributed by atoms with Crippen molar-refractivity contribution in [2.75, 3.05) is 6.54 Å². The zero-order valence-electron chi connectivity index (χ0n) is 9.49. The second-order valence-electron chi connectivity index (χ2n) is 3.67. The van der Waals surface area contributed by atoms with Gasteiger partial charge < -0.3 is 5.32 Å². The fraction of sp³-hybridized carbons (Fsp3) is 0.455. The average molecular weight is 253 g/mol. The van der Waals surface area contributed by atoms with Crippen molar-refractivity contribution in [1.29, 1.82) is 0 Å². The maximum atomic E-state index is 4.40. The molecular weight excluding hydrogens is 238 g/mol. The van der Waals surface area contributed by atoms with Gasteiger partial charge in [-0.3, -0.25) is 0 Å². The summed E-state index contributed by atoms with van der Waals surface area (Å²) in [7, 11) is 0. The van der Waals surface area contributed by atoms with E-state index in [1.165, 1.54) is 9.88 Å². The molecule has 0 aromatic carbocycles. The lowest BCUT2D eigenvalue weighted by molar-refractivity contribution is 0.681. The van der Waals surface area contributed by atoms with E-state index < -0.39 is 0 Å². The summed E-state index contributed by atoms with van der Waals surface area (Å²) in [5.74, 6) is 0. The summed E-state index contributed by atoms with van der Waals surface area (Å²) in [6, 6.07) is 0. The summed E-state index contributed by atoms with van der Waals surface area (Å²) in [5, 5.41) is 7.84. The van der Waals surface area contributed by atoms with Crippen LogP contribution in [0.25, 0.3) is 0 Å². The summed E-state index contributed by atoms with van der Waals surface area (Å²) < 4.78 is 0. The molecule has 0 atom stereocenters. The molecule has 0 aliphatic heterocycles. The van der Waals surface area contributed by atoms with Crippen LogP contribution in [0.5, 0.6) is 0 Å². The monoisotopic (exact) mass is 253 g/mol. The zero-order chi connectivity index (χ0) is 11.4. The second-order valence-corrected chi connectivity index (χ2v) is 5.94. The fourth-order valence-electron chi connectivity index (χ4n) is 1.39. The van der Waals surface area contributed by atoms with E-state index in [0.717, 1.165) is 30.2 Å². The van der Waals surface area contributed by atoms with Crippen LogP contribution in [0.15, 0.2) is 11.6 Å². The number of thiazole rings is 2. The summed E-state index contributed by atoms with van der Waals surface area (Å²) >= 11 is 3.49. The third-order valence-electron chi connectivity index (χ3n) is 2.13. The first-order chi connectivity index (χ1) is 7.74. The Balaban J connectivity index is 1.69. The first-order valence-corrected chi connectivity index (χ1v) is 6.96. The van der Waals surface area contributed by atoms with Crippen molar-refractivity contribution >= 4 is 22.7 Å². The fourth-order valence-corrected chi connectivity index (χ4v) is 2.92. The van der Waals surface area contributed by atoms with Gasteiger partial charge in [0.1, 0.15) is 5.01 Å². The quantitative estimate of drug-likeness (QED) is 0.832. The normalized spacial score (nSPS) is 10.9. The topological polar surface area (TPSA) is 37.8 Å². The molecule has 2 aromatic heterocycles. The molecule has 2 rings (SSSR count). The molecule has 0 bridgehead atoms. The highest BCUT2D eigenvalue weighted by atomic mass is 32.1. The largest absolute Gasteiger partial charge is 0.310 e. The molecule has 0 unspecified atom stereocenters. The smallest absolute Gasteiger partial charge is 0.107 e. The van der Waals surface area contributed by atoms with E-state index in [4.69, 9.17) is 0 Å². The van der Waals surface area contributed by atoms with E-state index in [1.807, 2.05) is 13.1 Å². The molecule has 0 fully saturated rings. The van der Waals surface area contributed by atoms with Crippen molar-refractivity contribution in [3.63, 3.8) is 0 Å². The molecular formula is C11H15N3S2. The van der Waals surface area contributed by atoms with E-state index in [0.29, 0.717) is 0 Å². The lowest BCUT2D eigenvalue weighted by Crippen LogP contribution is -2.16. The molecule has 2 heterocycles. The van der Waals surface area contributed by atoms with Gasteiger partial charge in [0, 0.05) is 41.7 Å². The number of aromatic nitrogens is 2.